The van der Waals surface area contributed by atoms with E-state index in [4.69, 9.17) is 4.74 Å². The van der Waals surface area contributed by atoms with Crippen LogP contribution in [0, 0.1) is 0 Å². The summed E-state index contributed by atoms with van der Waals surface area (Å²) in [6.45, 7) is -2.37. The molecule has 6 heteroatoms. The predicted molar refractivity (Wildman–Crippen MR) is 72.4 cm³/mol. The third-order valence-corrected chi connectivity index (χ3v) is 2.91. The molecule has 0 aliphatic carbocycles. The molecule has 0 fully saturated rings. The van der Waals surface area contributed by atoms with Crippen molar-refractivity contribution in [3.8, 4) is 11.5 Å². The number of hydrogen-bond donors (Lipinski definition) is 1. The van der Waals surface area contributed by atoms with E-state index in [1.165, 1.54) is 13.2 Å². The molecule has 0 radical (unpaired) electrons. The Labute approximate surface area is 115 Å². The maximum Gasteiger partial charge on any atom is 0.387 e. The van der Waals surface area contributed by atoms with Gasteiger partial charge in [-0.1, -0.05) is 0 Å². The number of aromatic nitrogens is 1. The van der Waals surface area contributed by atoms with Gasteiger partial charge in [0.1, 0.15) is 11.5 Å². The van der Waals surface area contributed by atoms with Crippen LogP contribution in [0.25, 0.3) is 0 Å². The Hall–Kier alpha value is -2.24. The Bertz CT molecular complexity index is 570. The van der Waals surface area contributed by atoms with Crippen LogP contribution in [-0.4, -0.2) is 18.3 Å². The van der Waals surface area contributed by atoms with Gasteiger partial charge in [0.15, 0.2) is 0 Å². The fraction of sp³-hybridized carbons (Fsp3) is 0.286. The van der Waals surface area contributed by atoms with E-state index >= 15 is 0 Å². The molecular formula is C14H16F2N2O2. The Balaban J connectivity index is 2.17. The fourth-order valence-corrected chi connectivity index (χ4v) is 1.84. The van der Waals surface area contributed by atoms with Crippen LogP contribution in [0.5, 0.6) is 11.5 Å². The minimum Gasteiger partial charge on any atom is -0.497 e. The first kappa shape index (κ1) is 14.2. The SMILES string of the molecule is COc1ccc(OC(F)F)c(NCc2cccn2C)c1. The number of halogens is 2. The summed E-state index contributed by atoms with van der Waals surface area (Å²) in [6.07, 6.45) is 1.92. The van der Waals surface area contributed by atoms with Crippen LogP contribution >= 0.6 is 0 Å². The van der Waals surface area contributed by atoms with Crippen LogP contribution in [0.1, 0.15) is 5.69 Å². The number of benzene rings is 1. The minimum atomic E-state index is -2.86. The molecule has 108 valence electrons. The van der Waals surface area contributed by atoms with Crippen LogP contribution in [0.4, 0.5) is 14.5 Å². The summed E-state index contributed by atoms with van der Waals surface area (Å²) in [6, 6.07) is 8.52. The average molecular weight is 282 g/mol. The lowest BCUT2D eigenvalue weighted by Crippen LogP contribution is -2.08. The van der Waals surface area contributed by atoms with Gasteiger partial charge >= 0.3 is 6.61 Å². The molecule has 1 N–H and O–H groups in total. The lowest BCUT2D eigenvalue weighted by atomic mass is 10.2. The van der Waals surface area contributed by atoms with Gasteiger partial charge in [0.25, 0.3) is 0 Å². The van der Waals surface area contributed by atoms with Crippen LogP contribution in [0.15, 0.2) is 36.5 Å². The highest BCUT2D eigenvalue weighted by Crippen LogP contribution is 2.30. The van der Waals surface area contributed by atoms with Gasteiger partial charge in [0.2, 0.25) is 0 Å². The lowest BCUT2D eigenvalue weighted by molar-refractivity contribution is -0.0494. The van der Waals surface area contributed by atoms with E-state index in [9.17, 15) is 8.78 Å². The summed E-state index contributed by atoms with van der Waals surface area (Å²) in [4.78, 5) is 0. The average Bonchev–Trinajstić information content (AvgIpc) is 2.82. The van der Waals surface area contributed by atoms with Gasteiger partial charge in [-0.15, -0.1) is 0 Å². The normalized spacial score (nSPS) is 10.7. The standard InChI is InChI=1S/C14H16F2N2O2/c1-18-7-3-4-10(18)9-17-12-8-11(19-2)5-6-13(12)20-14(15)16/h3-8,14,17H,9H2,1-2H3. The molecule has 0 amide bonds. The van der Waals surface area contributed by atoms with E-state index < -0.39 is 6.61 Å². The fourth-order valence-electron chi connectivity index (χ4n) is 1.84. The molecule has 4 nitrogen and oxygen atoms in total. The second-order valence-corrected chi connectivity index (χ2v) is 4.20. The molecule has 1 heterocycles. The second-order valence-electron chi connectivity index (χ2n) is 4.20. The van der Waals surface area contributed by atoms with Crippen LogP contribution in [-0.2, 0) is 13.6 Å². The van der Waals surface area contributed by atoms with Crippen molar-refractivity contribution in [3.05, 3.63) is 42.2 Å². The monoisotopic (exact) mass is 282 g/mol. The van der Waals surface area contributed by atoms with Crippen molar-refractivity contribution < 1.29 is 18.3 Å². The number of nitrogens with one attached hydrogen (secondary N) is 1. The van der Waals surface area contributed by atoms with Crippen molar-refractivity contribution >= 4 is 5.69 Å². The molecule has 0 aliphatic rings. The maximum atomic E-state index is 12.4. The number of ether oxygens (including phenoxy) is 2. The molecule has 1 aromatic heterocycles. The predicted octanol–water partition coefficient (Wildman–Crippen LogP) is 3.25. The van der Waals surface area contributed by atoms with Crippen molar-refractivity contribution in [2.24, 2.45) is 7.05 Å². The number of rotatable bonds is 6. The first-order chi connectivity index (χ1) is 9.60. The van der Waals surface area contributed by atoms with Crippen molar-refractivity contribution in [1.82, 2.24) is 4.57 Å². The van der Waals surface area contributed by atoms with Crippen molar-refractivity contribution in [3.63, 3.8) is 0 Å². The number of aryl methyl sites for hydroxylation is 1. The Morgan fingerprint density at radius 1 is 1.30 bits per heavy atom. The van der Waals surface area contributed by atoms with Gasteiger partial charge in [0, 0.05) is 25.0 Å². The van der Waals surface area contributed by atoms with Gasteiger partial charge in [-0.25, -0.2) is 0 Å². The lowest BCUT2D eigenvalue weighted by Gasteiger charge is -2.14. The summed E-state index contributed by atoms with van der Waals surface area (Å²) in [5.41, 5.74) is 1.49. The first-order valence-corrected chi connectivity index (χ1v) is 6.07. The van der Waals surface area contributed by atoms with Gasteiger partial charge < -0.3 is 19.4 Å². The summed E-state index contributed by atoms with van der Waals surface area (Å²) >= 11 is 0. The Morgan fingerprint density at radius 2 is 2.10 bits per heavy atom. The van der Waals surface area contributed by atoms with E-state index in [-0.39, 0.29) is 5.75 Å². The summed E-state index contributed by atoms with van der Waals surface area (Å²) in [5.74, 6) is 0.663. The zero-order valence-corrected chi connectivity index (χ0v) is 11.3. The van der Waals surface area contributed by atoms with Gasteiger partial charge in [-0.2, -0.15) is 8.78 Å². The number of hydrogen-bond acceptors (Lipinski definition) is 3. The smallest absolute Gasteiger partial charge is 0.387 e. The molecule has 20 heavy (non-hydrogen) atoms. The minimum absolute atomic E-state index is 0.0926. The van der Waals surface area contributed by atoms with Crippen molar-refractivity contribution in [2.75, 3.05) is 12.4 Å². The number of nitrogens with zero attached hydrogens (tertiary/aromatic N) is 1. The quantitative estimate of drug-likeness (QED) is 0.883. The van der Waals surface area contributed by atoms with Gasteiger partial charge in [0.05, 0.1) is 19.3 Å². The molecule has 0 bridgehead atoms. The zero-order valence-electron chi connectivity index (χ0n) is 11.3. The molecule has 0 aliphatic heterocycles. The third kappa shape index (κ3) is 3.40. The van der Waals surface area contributed by atoms with Crippen LogP contribution in [0.2, 0.25) is 0 Å². The summed E-state index contributed by atoms with van der Waals surface area (Å²) in [5, 5.41) is 3.08. The first-order valence-electron chi connectivity index (χ1n) is 6.07. The summed E-state index contributed by atoms with van der Waals surface area (Å²) in [7, 11) is 3.43. The van der Waals surface area contributed by atoms with Gasteiger partial charge in [-0.05, 0) is 24.3 Å². The van der Waals surface area contributed by atoms with E-state index in [1.807, 2.05) is 29.9 Å². The number of alkyl halides is 2. The molecule has 2 rings (SSSR count). The van der Waals surface area contributed by atoms with Crippen LogP contribution in [0.3, 0.4) is 0 Å². The van der Waals surface area contributed by atoms with Gasteiger partial charge in [-0.3, -0.25) is 0 Å². The number of methoxy groups -OCH3 is 1. The molecular weight excluding hydrogens is 266 g/mol. The topological polar surface area (TPSA) is 35.4 Å². The van der Waals surface area contributed by atoms with Crippen LogP contribution < -0.4 is 14.8 Å². The highest BCUT2D eigenvalue weighted by Gasteiger charge is 2.11. The zero-order chi connectivity index (χ0) is 14.5. The molecule has 0 saturated heterocycles. The van der Waals surface area contributed by atoms with E-state index in [2.05, 4.69) is 10.1 Å². The molecule has 1 aromatic carbocycles. The van der Waals surface area contributed by atoms with E-state index in [0.29, 0.717) is 18.0 Å². The Kier molecular flexibility index (Phi) is 4.45. The van der Waals surface area contributed by atoms with Crippen molar-refractivity contribution in [1.29, 1.82) is 0 Å². The third-order valence-electron chi connectivity index (χ3n) is 2.91. The van der Waals surface area contributed by atoms with E-state index in [0.717, 1.165) is 5.69 Å². The maximum absolute atomic E-state index is 12.4. The van der Waals surface area contributed by atoms with E-state index in [1.54, 1.807) is 12.1 Å². The molecule has 2 aromatic rings. The largest absolute Gasteiger partial charge is 0.497 e. The Morgan fingerprint density at radius 3 is 2.70 bits per heavy atom. The summed E-state index contributed by atoms with van der Waals surface area (Å²) < 4.78 is 36.3. The highest BCUT2D eigenvalue weighted by molar-refractivity contribution is 5.59. The molecule has 0 saturated carbocycles. The molecule has 0 unspecified atom stereocenters. The molecule has 0 atom stereocenters. The highest BCUT2D eigenvalue weighted by atomic mass is 19.3. The van der Waals surface area contributed by atoms with Crippen molar-refractivity contribution in [2.45, 2.75) is 13.2 Å². The second kappa shape index (κ2) is 6.27. The molecule has 0 spiro atoms. The number of anilines is 1.